The largest absolute Gasteiger partial charge is 0.370 e. The molecule has 21 heavy (non-hydrogen) atoms. The quantitative estimate of drug-likeness (QED) is 0.896. The number of ether oxygens (including phenoxy) is 1. The van der Waals surface area contributed by atoms with E-state index in [0.717, 1.165) is 17.1 Å². The highest BCUT2D eigenvalue weighted by Gasteiger charge is 2.28. The normalized spacial score (nSPS) is 18.1. The van der Waals surface area contributed by atoms with Crippen LogP contribution in [0.5, 0.6) is 0 Å². The van der Waals surface area contributed by atoms with Gasteiger partial charge in [-0.15, -0.1) is 0 Å². The van der Waals surface area contributed by atoms with Crippen LogP contribution in [0.1, 0.15) is 82.0 Å². The van der Waals surface area contributed by atoms with Gasteiger partial charge in [0.2, 0.25) is 0 Å². The second-order valence-electron chi connectivity index (χ2n) is 6.38. The Morgan fingerprint density at radius 2 is 1.95 bits per heavy atom. The molecule has 1 aromatic heterocycles. The number of nitrogens with one attached hydrogen (secondary N) is 1. The van der Waals surface area contributed by atoms with E-state index in [9.17, 15) is 4.79 Å². The summed E-state index contributed by atoms with van der Waals surface area (Å²) in [5.41, 5.74) is 1.62. The smallest absolute Gasteiger partial charge is 0.254 e. The van der Waals surface area contributed by atoms with Crippen LogP contribution >= 0.6 is 0 Å². The molecule has 1 fully saturated rings. The Labute approximate surface area is 127 Å². The van der Waals surface area contributed by atoms with Gasteiger partial charge in [-0.05, 0) is 38.5 Å². The first kappa shape index (κ1) is 16.2. The van der Waals surface area contributed by atoms with E-state index in [1.807, 2.05) is 27.7 Å². The average molecular weight is 292 g/mol. The summed E-state index contributed by atoms with van der Waals surface area (Å²) in [6.45, 7) is 8.64. The van der Waals surface area contributed by atoms with E-state index in [-0.39, 0.29) is 17.6 Å². The molecule has 2 rings (SSSR count). The van der Waals surface area contributed by atoms with Crippen molar-refractivity contribution in [3.8, 4) is 0 Å². The average Bonchev–Trinajstić information content (AvgIpc) is 2.44. The molecule has 1 aliphatic carbocycles. The standard InChI is InChI=1S/C17H28N2O2/c1-5-21-15(13-9-7-6-8-10-13)16-18-12(4)14(11(2)3)17(20)19-16/h11,13,15H,5-10H2,1-4H3,(H,18,19,20). The highest BCUT2D eigenvalue weighted by atomic mass is 16.5. The van der Waals surface area contributed by atoms with Crippen molar-refractivity contribution in [1.29, 1.82) is 0 Å². The van der Waals surface area contributed by atoms with Crippen LogP contribution in [-0.2, 0) is 4.74 Å². The van der Waals surface area contributed by atoms with Crippen LogP contribution in [0.25, 0.3) is 0 Å². The Balaban J connectivity index is 2.34. The van der Waals surface area contributed by atoms with E-state index in [2.05, 4.69) is 9.97 Å². The Morgan fingerprint density at radius 1 is 1.29 bits per heavy atom. The van der Waals surface area contributed by atoms with Gasteiger partial charge in [-0.2, -0.15) is 0 Å². The van der Waals surface area contributed by atoms with Gasteiger partial charge >= 0.3 is 0 Å². The zero-order valence-electron chi connectivity index (χ0n) is 13.7. The van der Waals surface area contributed by atoms with Gasteiger partial charge in [0.25, 0.3) is 5.56 Å². The number of aromatic nitrogens is 2. The third kappa shape index (κ3) is 3.73. The third-order valence-electron chi connectivity index (χ3n) is 4.44. The molecule has 0 radical (unpaired) electrons. The van der Waals surface area contributed by atoms with Crippen LogP contribution in [0, 0.1) is 12.8 Å². The molecular formula is C17H28N2O2. The van der Waals surface area contributed by atoms with Crippen LogP contribution in [0.3, 0.4) is 0 Å². The summed E-state index contributed by atoms with van der Waals surface area (Å²) >= 11 is 0. The fourth-order valence-electron chi connectivity index (χ4n) is 3.49. The molecule has 1 aliphatic rings. The Bertz CT molecular complexity index is 516. The fraction of sp³-hybridized carbons (Fsp3) is 0.765. The number of hydrogen-bond donors (Lipinski definition) is 1. The molecule has 0 aliphatic heterocycles. The molecule has 4 nitrogen and oxygen atoms in total. The molecule has 1 unspecified atom stereocenters. The first-order chi connectivity index (χ1) is 10.0. The predicted octanol–water partition coefficient (Wildman–Crippen LogP) is 3.86. The van der Waals surface area contributed by atoms with E-state index in [1.165, 1.54) is 32.1 Å². The van der Waals surface area contributed by atoms with Gasteiger partial charge in [0.05, 0.1) is 0 Å². The molecule has 1 aromatic rings. The van der Waals surface area contributed by atoms with Crippen molar-refractivity contribution in [2.45, 2.75) is 71.8 Å². The van der Waals surface area contributed by atoms with E-state index in [0.29, 0.717) is 12.5 Å². The molecule has 1 heterocycles. The number of hydrogen-bond acceptors (Lipinski definition) is 3. The minimum atomic E-state index is -0.0667. The SMILES string of the molecule is CCOC(c1nc(C)c(C(C)C)c(=O)[nH]1)C1CCCCC1. The highest BCUT2D eigenvalue weighted by Crippen LogP contribution is 2.35. The van der Waals surface area contributed by atoms with Crippen LogP contribution in [0.2, 0.25) is 0 Å². The minimum Gasteiger partial charge on any atom is -0.370 e. The van der Waals surface area contributed by atoms with Gasteiger partial charge in [0, 0.05) is 17.9 Å². The zero-order valence-corrected chi connectivity index (χ0v) is 13.7. The van der Waals surface area contributed by atoms with Crippen molar-refractivity contribution in [1.82, 2.24) is 9.97 Å². The van der Waals surface area contributed by atoms with Crippen molar-refractivity contribution in [3.05, 3.63) is 27.4 Å². The molecule has 1 atom stereocenters. The number of nitrogens with zero attached hydrogens (tertiary/aromatic N) is 1. The molecule has 0 spiro atoms. The van der Waals surface area contributed by atoms with Gasteiger partial charge in [-0.25, -0.2) is 4.98 Å². The molecule has 1 saturated carbocycles. The summed E-state index contributed by atoms with van der Waals surface area (Å²) in [4.78, 5) is 20.0. The first-order valence-electron chi connectivity index (χ1n) is 8.26. The van der Waals surface area contributed by atoms with Crippen molar-refractivity contribution in [2.75, 3.05) is 6.61 Å². The van der Waals surface area contributed by atoms with Gasteiger partial charge in [0.1, 0.15) is 11.9 Å². The summed E-state index contributed by atoms with van der Waals surface area (Å²) in [5, 5.41) is 0. The number of aromatic amines is 1. The molecule has 0 bridgehead atoms. The van der Waals surface area contributed by atoms with Crippen molar-refractivity contribution >= 4 is 0 Å². The lowest BCUT2D eigenvalue weighted by molar-refractivity contribution is -0.000486. The van der Waals surface area contributed by atoms with Crippen LogP contribution in [0.4, 0.5) is 0 Å². The van der Waals surface area contributed by atoms with Crippen molar-refractivity contribution in [3.63, 3.8) is 0 Å². The van der Waals surface area contributed by atoms with Crippen LogP contribution in [-0.4, -0.2) is 16.6 Å². The summed E-state index contributed by atoms with van der Waals surface area (Å²) in [5.74, 6) is 1.39. The second-order valence-corrected chi connectivity index (χ2v) is 6.38. The summed E-state index contributed by atoms with van der Waals surface area (Å²) in [6.07, 6.45) is 6.08. The second kappa shape index (κ2) is 7.21. The highest BCUT2D eigenvalue weighted by molar-refractivity contribution is 5.20. The Hall–Kier alpha value is -1.16. The van der Waals surface area contributed by atoms with Crippen LogP contribution in [0.15, 0.2) is 4.79 Å². The minimum absolute atomic E-state index is 0.00647. The number of rotatable bonds is 5. The molecule has 118 valence electrons. The van der Waals surface area contributed by atoms with Gasteiger partial charge in [-0.3, -0.25) is 4.79 Å². The maximum Gasteiger partial charge on any atom is 0.254 e. The molecule has 0 saturated heterocycles. The van der Waals surface area contributed by atoms with Gasteiger partial charge in [0.15, 0.2) is 0 Å². The van der Waals surface area contributed by atoms with Crippen molar-refractivity contribution in [2.24, 2.45) is 5.92 Å². The summed E-state index contributed by atoms with van der Waals surface area (Å²) < 4.78 is 5.95. The monoisotopic (exact) mass is 292 g/mol. The Morgan fingerprint density at radius 3 is 2.48 bits per heavy atom. The lowest BCUT2D eigenvalue weighted by Gasteiger charge is -2.29. The molecule has 4 heteroatoms. The molecule has 0 aromatic carbocycles. The summed E-state index contributed by atoms with van der Waals surface area (Å²) in [6, 6.07) is 0. The number of H-pyrrole nitrogens is 1. The Kier molecular flexibility index (Phi) is 5.57. The van der Waals surface area contributed by atoms with Crippen LogP contribution < -0.4 is 5.56 Å². The lowest BCUT2D eigenvalue weighted by atomic mass is 9.84. The number of aryl methyl sites for hydroxylation is 1. The van der Waals surface area contributed by atoms with E-state index < -0.39 is 0 Å². The first-order valence-corrected chi connectivity index (χ1v) is 8.26. The summed E-state index contributed by atoms with van der Waals surface area (Å²) in [7, 11) is 0. The van der Waals surface area contributed by atoms with Gasteiger partial charge < -0.3 is 9.72 Å². The van der Waals surface area contributed by atoms with Gasteiger partial charge in [-0.1, -0.05) is 33.1 Å². The maximum atomic E-state index is 12.3. The third-order valence-corrected chi connectivity index (χ3v) is 4.44. The van der Waals surface area contributed by atoms with E-state index in [4.69, 9.17) is 4.74 Å². The molecule has 0 amide bonds. The lowest BCUT2D eigenvalue weighted by Crippen LogP contribution is -2.27. The topological polar surface area (TPSA) is 55.0 Å². The zero-order chi connectivity index (χ0) is 15.4. The van der Waals surface area contributed by atoms with Crippen molar-refractivity contribution < 1.29 is 4.74 Å². The molecular weight excluding hydrogens is 264 g/mol. The molecule has 1 N–H and O–H groups in total. The predicted molar refractivity (Wildman–Crippen MR) is 84.6 cm³/mol. The van der Waals surface area contributed by atoms with E-state index in [1.54, 1.807) is 0 Å². The maximum absolute atomic E-state index is 12.3. The van der Waals surface area contributed by atoms with E-state index >= 15 is 0 Å². The fourth-order valence-corrected chi connectivity index (χ4v) is 3.49.